The highest BCUT2D eigenvalue weighted by atomic mass is 32.2. The van der Waals surface area contributed by atoms with Crippen molar-refractivity contribution in [3.8, 4) is 6.07 Å². The molecule has 0 bridgehead atoms. The molecule has 5 aliphatic heterocycles. The monoisotopic (exact) mass is 835 g/mol. The Labute approximate surface area is 360 Å². The summed E-state index contributed by atoms with van der Waals surface area (Å²) in [5, 5.41) is 17.7. The summed E-state index contributed by atoms with van der Waals surface area (Å²) in [5.74, 6) is 3.92. The van der Waals surface area contributed by atoms with E-state index in [1.807, 2.05) is 0 Å². The number of rotatable bonds is 8. The second-order valence-corrected chi connectivity index (χ2v) is 22.7. The number of thioether (sulfide) groups is 1. The third-order valence-corrected chi connectivity index (χ3v) is 19.6. The van der Waals surface area contributed by atoms with E-state index in [1.54, 1.807) is 12.8 Å². The number of carbonyl (C=O) groups excluding carboxylic acids is 1. The van der Waals surface area contributed by atoms with Gasteiger partial charge in [-0.3, -0.25) is 19.6 Å². The van der Waals surface area contributed by atoms with Gasteiger partial charge in [0.2, 0.25) is 5.91 Å². The van der Waals surface area contributed by atoms with Crippen molar-refractivity contribution in [2.24, 2.45) is 45.9 Å². The zero-order chi connectivity index (χ0) is 40.8. The number of nitriles is 1. The van der Waals surface area contributed by atoms with Crippen LogP contribution in [0.5, 0.6) is 0 Å². The number of amides is 1. The molecule has 9 aliphatic rings. The van der Waals surface area contributed by atoms with Crippen LogP contribution in [0.2, 0.25) is 0 Å². The quantitative estimate of drug-likeness (QED) is 0.213. The van der Waals surface area contributed by atoms with Crippen LogP contribution in [0.3, 0.4) is 0 Å². The van der Waals surface area contributed by atoms with Crippen molar-refractivity contribution in [2.75, 3.05) is 26.7 Å². The number of piperidine rings is 1. The normalized spacial score (nSPS) is 48.5. The van der Waals surface area contributed by atoms with E-state index in [1.165, 1.54) is 70.9 Å². The topological polar surface area (TPSA) is 126 Å². The Morgan fingerprint density at radius 3 is 2.36 bits per heavy atom. The zero-order valence-corrected chi connectivity index (χ0v) is 37.9. The fourth-order valence-electron chi connectivity index (χ4n) is 14.0. The zero-order valence-electron chi connectivity index (χ0n) is 37.1. The number of ether oxygens (including phenoxy) is 2. The molecule has 5 heterocycles. The molecule has 11 nitrogen and oxygen atoms in total. The van der Waals surface area contributed by atoms with Crippen LogP contribution < -0.4 is 21.5 Å². The van der Waals surface area contributed by atoms with Gasteiger partial charge in [0.15, 0.2) is 0 Å². The van der Waals surface area contributed by atoms with Gasteiger partial charge in [-0.25, -0.2) is 10.9 Å². The third kappa shape index (κ3) is 8.95. The lowest BCUT2D eigenvalue weighted by atomic mass is 9.63. The first-order valence-corrected chi connectivity index (χ1v) is 25.4. The fraction of sp³-hybridized carbons (Fsp3) is 0.936. The molecule has 59 heavy (non-hydrogen) atoms. The standard InChI is InChI=1S/C47H78N8O3S/c1-28-30(3)59-46-42(28)43(50-29(2)44-53-52-31(4)55(44)46)34-8-6-32(7-9-34)33-18-20-47(21-19-33)22-23-54(27-47)37-13-17-40(49-26-37)45(56)51-36-11-15-38(16-12-36)58-39-14-10-35(25-48)41(24-39)57-5/h28-42,44,46,49,52-53H,6-24,26-27H2,1-5H3,(H,51,56)/t28?,29-,30?,31?,32?,33?,34?,35?,36?,37?,38?,39?,40?,41?,42?,44?,46?,47?/m0/s1. The molecule has 0 aromatic heterocycles. The molecule has 330 valence electrons. The maximum atomic E-state index is 13.4. The number of hydrazine groups is 1. The summed E-state index contributed by atoms with van der Waals surface area (Å²) in [5.41, 5.74) is 9.25. The average molecular weight is 835 g/mol. The van der Waals surface area contributed by atoms with Crippen LogP contribution in [0, 0.1) is 52.3 Å². The highest BCUT2D eigenvalue weighted by Gasteiger charge is 2.54. The Bertz CT molecular complexity index is 1510. The minimum Gasteiger partial charge on any atom is -0.380 e. The Kier molecular flexibility index (Phi) is 13.4. The van der Waals surface area contributed by atoms with Crippen LogP contribution in [-0.4, -0.2) is 114 Å². The molecular formula is C47H78N8O3S. The molecule has 4 aliphatic carbocycles. The number of aliphatic imine (C=N–C) groups is 1. The fourth-order valence-corrected chi connectivity index (χ4v) is 15.9. The van der Waals surface area contributed by atoms with E-state index < -0.39 is 0 Å². The van der Waals surface area contributed by atoms with Gasteiger partial charge in [0, 0.05) is 55.6 Å². The predicted octanol–water partition coefficient (Wildman–Crippen LogP) is 6.59. The van der Waals surface area contributed by atoms with Gasteiger partial charge in [0.25, 0.3) is 0 Å². The van der Waals surface area contributed by atoms with Gasteiger partial charge in [-0.1, -0.05) is 13.8 Å². The Hall–Kier alpha value is -1.30. The van der Waals surface area contributed by atoms with Crippen molar-refractivity contribution in [3.05, 3.63) is 0 Å². The molecule has 12 atom stereocenters. The summed E-state index contributed by atoms with van der Waals surface area (Å²) in [4.78, 5) is 24.5. The van der Waals surface area contributed by atoms with Crippen molar-refractivity contribution in [1.29, 1.82) is 5.26 Å². The van der Waals surface area contributed by atoms with Crippen LogP contribution in [0.4, 0.5) is 0 Å². The number of methoxy groups -OCH3 is 1. The molecule has 0 radical (unpaired) electrons. The van der Waals surface area contributed by atoms with Crippen LogP contribution in [0.1, 0.15) is 143 Å². The van der Waals surface area contributed by atoms with Gasteiger partial charge < -0.3 is 20.1 Å². The van der Waals surface area contributed by atoms with E-state index in [-0.39, 0.29) is 54.4 Å². The molecule has 8 fully saturated rings. The number of hydrogen-bond acceptors (Lipinski definition) is 11. The molecule has 1 spiro atoms. The summed E-state index contributed by atoms with van der Waals surface area (Å²) in [6.45, 7) is 13.1. The van der Waals surface area contributed by atoms with Gasteiger partial charge in [-0.2, -0.15) is 5.26 Å². The molecule has 4 saturated carbocycles. The molecule has 12 heteroatoms. The minimum absolute atomic E-state index is 0.0167. The van der Waals surface area contributed by atoms with E-state index in [0.717, 1.165) is 76.2 Å². The van der Waals surface area contributed by atoms with Crippen LogP contribution in [0.15, 0.2) is 4.99 Å². The summed E-state index contributed by atoms with van der Waals surface area (Å²) < 4.78 is 12.1. The molecule has 1 amide bonds. The van der Waals surface area contributed by atoms with E-state index >= 15 is 0 Å². The van der Waals surface area contributed by atoms with Gasteiger partial charge >= 0.3 is 0 Å². The Balaban J connectivity index is 0.685. The molecule has 4 N–H and O–H groups in total. The number of nitrogens with one attached hydrogen (secondary N) is 4. The molecule has 11 unspecified atom stereocenters. The second kappa shape index (κ2) is 18.4. The molecular weight excluding hydrogens is 757 g/mol. The SMILES string of the molecule is COC1CC(OC2CCC(NC(=O)C3CCC(N4CCC5(CCC(C6CCC(C7=N[C@@H](C)C8NNC(C)N8C8SC(C)C(C)C78)CC6)CC5)C4)CN3)CC2)CCC1C#N. The van der Waals surface area contributed by atoms with Crippen LogP contribution in [0.25, 0.3) is 0 Å². The third-order valence-electron chi connectivity index (χ3n) is 17.9. The maximum Gasteiger partial charge on any atom is 0.237 e. The largest absolute Gasteiger partial charge is 0.380 e. The Morgan fingerprint density at radius 1 is 0.898 bits per heavy atom. The average Bonchev–Trinajstić information content (AvgIpc) is 3.92. The smallest absolute Gasteiger partial charge is 0.237 e. The first-order valence-electron chi connectivity index (χ1n) is 24.5. The van der Waals surface area contributed by atoms with Crippen LogP contribution in [-0.2, 0) is 14.3 Å². The highest BCUT2D eigenvalue weighted by Crippen LogP contribution is 2.53. The Morgan fingerprint density at radius 2 is 1.64 bits per heavy atom. The van der Waals surface area contributed by atoms with Crippen molar-refractivity contribution in [3.63, 3.8) is 0 Å². The summed E-state index contributed by atoms with van der Waals surface area (Å²) >= 11 is 2.20. The predicted molar refractivity (Wildman–Crippen MR) is 235 cm³/mol. The summed E-state index contributed by atoms with van der Waals surface area (Å²) in [6, 6.07) is 3.42. The van der Waals surface area contributed by atoms with Crippen molar-refractivity contribution >= 4 is 23.4 Å². The molecule has 0 aromatic rings. The van der Waals surface area contributed by atoms with Crippen molar-refractivity contribution < 1.29 is 14.3 Å². The molecule has 0 aromatic carbocycles. The van der Waals surface area contributed by atoms with Gasteiger partial charge in [-0.15, -0.1) is 11.8 Å². The number of fused-ring (bicyclic) bond motifs is 3. The summed E-state index contributed by atoms with van der Waals surface area (Å²) in [7, 11) is 1.71. The lowest BCUT2D eigenvalue weighted by Crippen LogP contribution is -2.56. The lowest BCUT2D eigenvalue weighted by Gasteiger charge is -2.43. The van der Waals surface area contributed by atoms with E-state index in [0.29, 0.717) is 46.0 Å². The highest BCUT2D eigenvalue weighted by molar-refractivity contribution is 8.00. The van der Waals surface area contributed by atoms with Crippen LogP contribution >= 0.6 is 11.8 Å². The van der Waals surface area contributed by atoms with E-state index in [4.69, 9.17) is 14.5 Å². The van der Waals surface area contributed by atoms with Gasteiger partial charge in [0.1, 0.15) is 0 Å². The number of hydrogen-bond donors (Lipinski definition) is 4. The number of nitrogens with zero attached hydrogens (tertiary/aromatic N) is 4. The second-order valence-electron chi connectivity index (χ2n) is 21.2. The van der Waals surface area contributed by atoms with Gasteiger partial charge in [-0.05, 0) is 159 Å². The van der Waals surface area contributed by atoms with E-state index in [9.17, 15) is 10.1 Å². The number of likely N-dealkylation sites (tertiary alicyclic amines) is 1. The lowest BCUT2D eigenvalue weighted by molar-refractivity contribution is -0.125. The summed E-state index contributed by atoms with van der Waals surface area (Å²) in [6.07, 6.45) is 22.2. The maximum absolute atomic E-state index is 13.4. The molecule has 9 rings (SSSR count). The number of carbonyl (C=O) groups is 1. The van der Waals surface area contributed by atoms with E-state index in [2.05, 4.69) is 76.8 Å². The minimum atomic E-state index is -0.0671. The van der Waals surface area contributed by atoms with Crippen molar-refractivity contribution in [1.82, 2.24) is 31.3 Å². The molecule has 4 saturated heterocycles. The van der Waals surface area contributed by atoms with Crippen molar-refractivity contribution in [2.45, 2.75) is 209 Å². The first-order chi connectivity index (χ1) is 28.6. The first kappa shape index (κ1) is 43.0. The van der Waals surface area contributed by atoms with Gasteiger partial charge in [0.05, 0.1) is 60.1 Å².